The van der Waals surface area contributed by atoms with E-state index in [9.17, 15) is 22.6 Å². The number of rotatable bonds is 26. The Morgan fingerprint density at radius 3 is 1.57 bits per heavy atom. The van der Waals surface area contributed by atoms with Crippen molar-refractivity contribution in [3.63, 3.8) is 0 Å². The molecule has 0 aromatic rings. The predicted molar refractivity (Wildman–Crippen MR) is 151 cm³/mol. The van der Waals surface area contributed by atoms with Crippen LogP contribution in [0.15, 0.2) is 0 Å². The Bertz CT molecular complexity index is 672. The van der Waals surface area contributed by atoms with Crippen molar-refractivity contribution in [2.45, 2.75) is 160 Å². The van der Waals surface area contributed by atoms with E-state index in [-0.39, 0.29) is 0 Å². The largest absolute Gasteiger partial charge is 0.447 e. The SMILES string of the molecule is CCCCCCCCCCCCNC(=O)C(CC(=O)OC(N)CCCCCCCCCCC)S(=O)(=O)O. The molecule has 0 aromatic carbocycles. The topological polar surface area (TPSA) is 136 Å². The van der Waals surface area contributed by atoms with E-state index in [1.165, 1.54) is 77.0 Å². The summed E-state index contributed by atoms with van der Waals surface area (Å²) in [6.45, 7) is 4.71. The fourth-order valence-corrected chi connectivity index (χ4v) is 5.06. The molecule has 0 aromatic heterocycles. The average molecular weight is 549 g/mol. The first-order valence-corrected chi connectivity index (χ1v) is 16.4. The van der Waals surface area contributed by atoms with Gasteiger partial charge in [-0.1, -0.05) is 123 Å². The maximum atomic E-state index is 12.3. The van der Waals surface area contributed by atoms with Crippen LogP contribution >= 0.6 is 0 Å². The minimum atomic E-state index is -4.75. The third kappa shape index (κ3) is 22.5. The van der Waals surface area contributed by atoms with Crippen LogP contribution in [0.4, 0.5) is 0 Å². The van der Waals surface area contributed by atoms with E-state index in [1.54, 1.807) is 0 Å². The van der Waals surface area contributed by atoms with Crippen LogP contribution < -0.4 is 11.1 Å². The number of unbranched alkanes of at least 4 members (excludes halogenated alkanes) is 17. The number of hydrogen-bond acceptors (Lipinski definition) is 6. The Hall–Kier alpha value is -1.19. The van der Waals surface area contributed by atoms with Gasteiger partial charge in [0.2, 0.25) is 5.91 Å². The molecule has 9 heteroatoms. The monoisotopic (exact) mass is 548 g/mol. The number of esters is 1. The van der Waals surface area contributed by atoms with E-state index in [0.29, 0.717) is 19.4 Å². The molecule has 0 bridgehead atoms. The highest BCUT2D eigenvalue weighted by Crippen LogP contribution is 2.13. The van der Waals surface area contributed by atoms with Gasteiger partial charge < -0.3 is 10.1 Å². The van der Waals surface area contributed by atoms with Crippen LogP contribution in [0.5, 0.6) is 0 Å². The number of nitrogens with two attached hydrogens (primary N) is 1. The van der Waals surface area contributed by atoms with Gasteiger partial charge in [0.25, 0.3) is 10.1 Å². The van der Waals surface area contributed by atoms with Gasteiger partial charge in [-0.25, -0.2) is 0 Å². The van der Waals surface area contributed by atoms with Gasteiger partial charge in [-0.15, -0.1) is 0 Å². The summed E-state index contributed by atoms with van der Waals surface area (Å²) in [6.07, 6.45) is 20.8. The van der Waals surface area contributed by atoms with Gasteiger partial charge in [0.15, 0.2) is 11.5 Å². The molecule has 2 unspecified atom stereocenters. The summed E-state index contributed by atoms with van der Waals surface area (Å²) in [5.41, 5.74) is 5.85. The molecule has 0 aliphatic heterocycles. The van der Waals surface area contributed by atoms with Crippen LogP contribution in [0.2, 0.25) is 0 Å². The lowest BCUT2D eigenvalue weighted by Crippen LogP contribution is -2.42. The summed E-state index contributed by atoms with van der Waals surface area (Å²) in [7, 11) is -4.75. The van der Waals surface area contributed by atoms with E-state index in [1.807, 2.05) is 0 Å². The van der Waals surface area contributed by atoms with E-state index in [4.69, 9.17) is 10.5 Å². The summed E-state index contributed by atoms with van der Waals surface area (Å²) in [4.78, 5) is 24.5. The molecule has 0 spiro atoms. The summed E-state index contributed by atoms with van der Waals surface area (Å²) in [5, 5.41) is 0.640. The third-order valence-corrected chi connectivity index (χ3v) is 7.81. The highest BCUT2D eigenvalue weighted by molar-refractivity contribution is 7.87. The molecule has 1 amide bonds. The van der Waals surface area contributed by atoms with Gasteiger partial charge in [0.05, 0.1) is 6.42 Å². The Balaban J connectivity index is 4.07. The zero-order chi connectivity index (χ0) is 27.8. The first-order chi connectivity index (χ1) is 17.7. The quantitative estimate of drug-likeness (QED) is 0.0491. The lowest BCUT2D eigenvalue weighted by Gasteiger charge is -2.16. The number of ether oxygens (including phenoxy) is 1. The fourth-order valence-electron chi connectivity index (χ4n) is 4.35. The molecule has 0 aliphatic carbocycles. The van der Waals surface area contributed by atoms with Crippen molar-refractivity contribution >= 4 is 22.0 Å². The van der Waals surface area contributed by atoms with Gasteiger partial charge in [-0.05, 0) is 19.3 Å². The number of amides is 1. The van der Waals surface area contributed by atoms with E-state index >= 15 is 0 Å². The van der Waals surface area contributed by atoms with Gasteiger partial charge in [0.1, 0.15) is 0 Å². The molecule has 0 radical (unpaired) electrons. The average Bonchev–Trinajstić information content (AvgIpc) is 2.84. The van der Waals surface area contributed by atoms with E-state index < -0.39 is 39.9 Å². The second-order valence-electron chi connectivity index (χ2n) is 10.3. The Labute approximate surface area is 227 Å². The molecular weight excluding hydrogens is 492 g/mol. The van der Waals surface area contributed by atoms with Crippen molar-refractivity contribution in [2.24, 2.45) is 5.73 Å². The molecule has 0 saturated carbocycles. The van der Waals surface area contributed by atoms with Crippen LogP contribution in [0.1, 0.15) is 149 Å². The minimum Gasteiger partial charge on any atom is -0.447 e. The lowest BCUT2D eigenvalue weighted by atomic mass is 10.1. The standard InChI is InChI=1S/C28H56N2O6S/c1-3-5-7-9-11-13-15-17-19-21-23-30-28(32)25(37(33,34)35)24-27(31)36-26(29)22-20-18-16-14-12-10-8-6-4-2/h25-26H,3-24,29H2,1-2H3,(H,30,32)(H,33,34,35). The highest BCUT2D eigenvalue weighted by atomic mass is 32.2. The molecule has 220 valence electrons. The molecular formula is C28H56N2O6S. The van der Waals surface area contributed by atoms with Gasteiger partial charge >= 0.3 is 5.97 Å². The normalized spacial score (nSPS) is 13.3. The number of carbonyl (C=O) groups is 2. The molecule has 4 N–H and O–H groups in total. The zero-order valence-corrected chi connectivity index (χ0v) is 24.5. The van der Waals surface area contributed by atoms with Gasteiger partial charge in [0, 0.05) is 6.54 Å². The van der Waals surface area contributed by atoms with Crippen LogP contribution in [0.3, 0.4) is 0 Å². The van der Waals surface area contributed by atoms with Gasteiger partial charge in [-0.2, -0.15) is 8.42 Å². The van der Waals surface area contributed by atoms with Crippen LogP contribution in [-0.4, -0.2) is 42.9 Å². The number of nitrogens with one attached hydrogen (secondary N) is 1. The Kier molecular flexibility index (Phi) is 23.1. The van der Waals surface area contributed by atoms with Crippen molar-refractivity contribution in [3.8, 4) is 0 Å². The molecule has 0 aliphatic rings. The molecule has 0 saturated heterocycles. The van der Waals surface area contributed by atoms with Crippen molar-refractivity contribution in [2.75, 3.05) is 6.54 Å². The Morgan fingerprint density at radius 1 is 0.730 bits per heavy atom. The third-order valence-electron chi connectivity index (χ3n) is 6.71. The first kappa shape index (κ1) is 35.8. The number of carbonyl (C=O) groups excluding carboxylic acids is 2. The lowest BCUT2D eigenvalue weighted by molar-refractivity contribution is -0.150. The summed E-state index contributed by atoms with van der Waals surface area (Å²) >= 11 is 0. The second kappa shape index (κ2) is 23.9. The number of hydrogen-bond donors (Lipinski definition) is 3. The molecule has 0 rings (SSSR count). The first-order valence-electron chi connectivity index (χ1n) is 14.9. The van der Waals surface area contributed by atoms with Crippen LogP contribution in [-0.2, 0) is 24.4 Å². The fraction of sp³-hybridized carbons (Fsp3) is 0.929. The second-order valence-corrected chi connectivity index (χ2v) is 11.9. The molecule has 8 nitrogen and oxygen atoms in total. The predicted octanol–water partition coefficient (Wildman–Crippen LogP) is 6.42. The minimum absolute atomic E-state index is 0.300. The van der Waals surface area contributed by atoms with E-state index in [0.717, 1.165) is 38.5 Å². The maximum absolute atomic E-state index is 12.3. The van der Waals surface area contributed by atoms with Gasteiger partial charge in [-0.3, -0.25) is 19.9 Å². The molecule has 37 heavy (non-hydrogen) atoms. The van der Waals surface area contributed by atoms with Crippen LogP contribution in [0, 0.1) is 0 Å². The summed E-state index contributed by atoms with van der Waals surface area (Å²) in [6, 6.07) is 0. The van der Waals surface area contributed by atoms with Crippen molar-refractivity contribution < 1.29 is 27.3 Å². The smallest absolute Gasteiger partial charge is 0.309 e. The summed E-state index contributed by atoms with van der Waals surface area (Å²) in [5.74, 6) is -1.79. The molecule has 0 heterocycles. The van der Waals surface area contributed by atoms with E-state index in [2.05, 4.69) is 19.2 Å². The summed E-state index contributed by atoms with van der Waals surface area (Å²) < 4.78 is 38.0. The van der Waals surface area contributed by atoms with Crippen LogP contribution in [0.25, 0.3) is 0 Å². The Morgan fingerprint density at radius 2 is 1.14 bits per heavy atom. The van der Waals surface area contributed by atoms with Crippen molar-refractivity contribution in [3.05, 3.63) is 0 Å². The van der Waals surface area contributed by atoms with Crippen molar-refractivity contribution in [1.29, 1.82) is 0 Å². The van der Waals surface area contributed by atoms with Crippen molar-refractivity contribution in [1.82, 2.24) is 5.32 Å². The highest BCUT2D eigenvalue weighted by Gasteiger charge is 2.34. The maximum Gasteiger partial charge on any atom is 0.309 e. The molecule has 0 fully saturated rings. The zero-order valence-electron chi connectivity index (χ0n) is 23.7. The molecule has 2 atom stereocenters.